The predicted octanol–water partition coefficient (Wildman–Crippen LogP) is 3.82. The van der Waals surface area contributed by atoms with Gasteiger partial charge in [-0.15, -0.1) is 0 Å². The fraction of sp³-hybridized carbons (Fsp3) is 0.348. The molecular weight excluding hydrogens is 435 g/mol. The van der Waals surface area contributed by atoms with Crippen LogP contribution >= 0.6 is 11.6 Å². The van der Waals surface area contributed by atoms with E-state index in [2.05, 4.69) is 10.2 Å². The fourth-order valence-electron chi connectivity index (χ4n) is 3.51. The van der Waals surface area contributed by atoms with Gasteiger partial charge in [-0.1, -0.05) is 17.7 Å². The Morgan fingerprint density at radius 1 is 1.31 bits per heavy atom. The van der Waals surface area contributed by atoms with Gasteiger partial charge in [0.15, 0.2) is 5.82 Å². The molecule has 0 bridgehead atoms. The SMILES string of the molecule is Cc1cc(OCc2n[nH]c(=O)n2C)c(-c2cc(CN(C)C(=O)C3CC3)ccc2F)cc1Cl. The van der Waals surface area contributed by atoms with E-state index < -0.39 is 5.82 Å². The Hall–Kier alpha value is -3.13. The highest BCUT2D eigenvalue weighted by atomic mass is 35.5. The van der Waals surface area contributed by atoms with Crippen molar-refractivity contribution >= 4 is 17.5 Å². The summed E-state index contributed by atoms with van der Waals surface area (Å²) in [6, 6.07) is 8.17. The molecule has 1 aliphatic carbocycles. The van der Waals surface area contributed by atoms with Crippen LogP contribution in [0.25, 0.3) is 11.1 Å². The minimum absolute atomic E-state index is 0.0171. The summed E-state index contributed by atoms with van der Waals surface area (Å²) in [5, 5.41) is 6.77. The molecular formula is C23H24ClFN4O3. The lowest BCUT2D eigenvalue weighted by molar-refractivity contribution is -0.131. The van der Waals surface area contributed by atoms with Crippen molar-refractivity contribution in [1.82, 2.24) is 19.7 Å². The third kappa shape index (κ3) is 4.55. The molecule has 7 nitrogen and oxygen atoms in total. The zero-order valence-corrected chi connectivity index (χ0v) is 18.9. The molecule has 1 aliphatic rings. The van der Waals surface area contributed by atoms with Crippen LogP contribution in [0.1, 0.15) is 29.8 Å². The first-order valence-corrected chi connectivity index (χ1v) is 10.7. The second-order valence-corrected chi connectivity index (χ2v) is 8.58. The quantitative estimate of drug-likeness (QED) is 0.583. The van der Waals surface area contributed by atoms with E-state index in [9.17, 15) is 14.0 Å². The average molecular weight is 459 g/mol. The molecule has 9 heteroatoms. The van der Waals surface area contributed by atoms with Crippen molar-refractivity contribution in [2.75, 3.05) is 7.05 Å². The molecule has 0 radical (unpaired) electrons. The van der Waals surface area contributed by atoms with E-state index in [-0.39, 0.29) is 24.1 Å². The first-order valence-electron chi connectivity index (χ1n) is 10.3. The number of H-pyrrole nitrogens is 1. The number of nitrogens with one attached hydrogen (secondary N) is 1. The third-order valence-electron chi connectivity index (χ3n) is 5.63. The van der Waals surface area contributed by atoms with Gasteiger partial charge in [0.2, 0.25) is 5.91 Å². The highest BCUT2D eigenvalue weighted by Crippen LogP contribution is 2.37. The Morgan fingerprint density at radius 3 is 2.72 bits per heavy atom. The largest absolute Gasteiger partial charge is 0.485 e. The van der Waals surface area contributed by atoms with Crippen molar-refractivity contribution in [3.05, 3.63) is 68.6 Å². The number of carbonyl (C=O) groups is 1. The lowest BCUT2D eigenvalue weighted by atomic mass is 9.99. The minimum atomic E-state index is -0.429. The van der Waals surface area contributed by atoms with E-state index in [4.69, 9.17) is 16.3 Å². The highest BCUT2D eigenvalue weighted by Gasteiger charge is 2.32. The van der Waals surface area contributed by atoms with Gasteiger partial charge in [-0.05, 0) is 55.2 Å². The van der Waals surface area contributed by atoms with Crippen LogP contribution < -0.4 is 10.4 Å². The van der Waals surface area contributed by atoms with E-state index in [1.165, 1.54) is 10.6 Å². The smallest absolute Gasteiger partial charge is 0.343 e. The van der Waals surface area contributed by atoms with Gasteiger partial charge in [-0.3, -0.25) is 9.36 Å². The van der Waals surface area contributed by atoms with Crippen molar-refractivity contribution in [1.29, 1.82) is 0 Å². The lowest BCUT2D eigenvalue weighted by Crippen LogP contribution is -2.27. The maximum atomic E-state index is 14.9. The van der Waals surface area contributed by atoms with Gasteiger partial charge >= 0.3 is 5.69 Å². The number of aryl methyl sites for hydroxylation is 1. The molecule has 1 amide bonds. The van der Waals surface area contributed by atoms with Crippen molar-refractivity contribution in [2.24, 2.45) is 13.0 Å². The van der Waals surface area contributed by atoms with Crippen LogP contribution in [0, 0.1) is 18.7 Å². The molecule has 1 saturated carbocycles. The summed E-state index contributed by atoms with van der Waals surface area (Å²) in [5.74, 6) is 0.627. The first kappa shape index (κ1) is 22.1. The number of halogens is 2. The molecule has 0 spiro atoms. The maximum Gasteiger partial charge on any atom is 0.343 e. The van der Waals surface area contributed by atoms with E-state index in [1.807, 2.05) is 6.92 Å². The molecule has 1 N–H and O–H groups in total. The van der Waals surface area contributed by atoms with Gasteiger partial charge in [0.05, 0.1) is 0 Å². The fourth-order valence-corrected chi connectivity index (χ4v) is 3.67. The van der Waals surface area contributed by atoms with Gasteiger partial charge in [-0.25, -0.2) is 14.3 Å². The topological polar surface area (TPSA) is 80.2 Å². The molecule has 32 heavy (non-hydrogen) atoms. The summed E-state index contributed by atoms with van der Waals surface area (Å²) in [6.45, 7) is 2.23. The molecule has 0 unspecified atom stereocenters. The number of hydrogen-bond donors (Lipinski definition) is 1. The van der Waals surface area contributed by atoms with E-state index in [0.29, 0.717) is 34.3 Å². The molecule has 0 atom stereocenters. The summed E-state index contributed by atoms with van der Waals surface area (Å²) < 4.78 is 22.2. The van der Waals surface area contributed by atoms with Crippen LogP contribution in [0.2, 0.25) is 5.02 Å². The number of ether oxygens (including phenoxy) is 1. The lowest BCUT2D eigenvalue weighted by Gasteiger charge is -2.19. The summed E-state index contributed by atoms with van der Waals surface area (Å²) in [6.07, 6.45) is 1.87. The molecule has 1 aromatic heterocycles. The summed E-state index contributed by atoms with van der Waals surface area (Å²) in [7, 11) is 3.34. The minimum Gasteiger partial charge on any atom is -0.485 e. The Morgan fingerprint density at radius 2 is 2.06 bits per heavy atom. The standard InChI is InChI=1S/C23H24ClFN4O3/c1-13-8-20(32-12-21-26-27-23(31)29(21)3)17(10-18(13)24)16-9-14(4-7-19(16)25)11-28(2)22(30)15-5-6-15/h4,7-10,15H,5-6,11-12H2,1-3H3,(H,27,31). The number of carbonyl (C=O) groups excluding carboxylic acids is 1. The van der Waals surface area contributed by atoms with Crippen molar-refractivity contribution < 1.29 is 13.9 Å². The molecule has 1 heterocycles. The highest BCUT2D eigenvalue weighted by molar-refractivity contribution is 6.31. The van der Waals surface area contributed by atoms with Gasteiger partial charge in [0, 0.05) is 42.7 Å². The molecule has 3 aromatic rings. The third-order valence-corrected chi connectivity index (χ3v) is 6.04. The number of hydrogen-bond acceptors (Lipinski definition) is 4. The zero-order valence-electron chi connectivity index (χ0n) is 18.1. The van der Waals surface area contributed by atoms with Gasteiger partial charge in [0.25, 0.3) is 0 Å². The van der Waals surface area contributed by atoms with Crippen LogP contribution in [-0.4, -0.2) is 32.6 Å². The first-order chi connectivity index (χ1) is 15.2. The van der Waals surface area contributed by atoms with Crippen LogP contribution in [-0.2, 0) is 25.0 Å². The Labute approximate surface area is 189 Å². The second kappa shape index (κ2) is 8.78. The van der Waals surface area contributed by atoms with Crippen LogP contribution in [0.15, 0.2) is 35.1 Å². The summed E-state index contributed by atoms with van der Waals surface area (Å²) >= 11 is 6.35. The number of nitrogens with zero attached hydrogens (tertiary/aromatic N) is 3. The molecule has 4 rings (SSSR count). The number of aromatic nitrogens is 3. The van der Waals surface area contributed by atoms with Crippen LogP contribution in [0.4, 0.5) is 4.39 Å². The summed E-state index contributed by atoms with van der Waals surface area (Å²) in [5.41, 5.74) is 2.03. The Bertz CT molecular complexity index is 1230. The van der Waals surface area contributed by atoms with Crippen LogP contribution in [0.5, 0.6) is 5.75 Å². The molecule has 0 saturated heterocycles. The monoisotopic (exact) mass is 458 g/mol. The van der Waals surface area contributed by atoms with Crippen molar-refractivity contribution in [2.45, 2.75) is 32.9 Å². The number of aromatic amines is 1. The van der Waals surface area contributed by atoms with Crippen LogP contribution in [0.3, 0.4) is 0 Å². The van der Waals surface area contributed by atoms with E-state index in [1.54, 1.807) is 43.3 Å². The molecule has 1 fully saturated rings. The normalized spacial score (nSPS) is 13.3. The average Bonchev–Trinajstić information content (AvgIpc) is 3.56. The van der Waals surface area contributed by atoms with Gasteiger partial charge in [-0.2, -0.15) is 5.10 Å². The number of amides is 1. The molecule has 2 aromatic carbocycles. The van der Waals surface area contributed by atoms with Crippen molar-refractivity contribution in [3.8, 4) is 16.9 Å². The van der Waals surface area contributed by atoms with E-state index in [0.717, 1.165) is 24.0 Å². The number of rotatable bonds is 7. The zero-order chi connectivity index (χ0) is 23.0. The second-order valence-electron chi connectivity index (χ2n) is 8.17. The summed E-state index contributed by atoms with van der Waals surface area (Å²) in [4.78, 5) is 25.6. The van der Waals surface area contributed by atoms with Gasteiger partial charge in [0.1, 0.15) is 18.2 Å². The molecule has 0 aliphatic heterocycles. The van der Waals surface area contributed by atoms with Crippen molar-refractivity contribution in [3.63, 3.8) is 0 Å². The van der Waals surface area contributed by atoms with E-state index >= 15 is 0 Å². The molecule has 168 valence electrons. The predicted molar refractivity (Wildman–Crippen MR) is 119 cm³/mol. The Kier molecular flexibility index (Phi) is 6.06. The Balaban J connectivity index is 1.65. The number of benzene rings is 2. The van der Waals surface area contributed by atoms with Gasteiger partial charge < -0.3 is 9.64 Å². The maximum absolute atomic E-state index is 14.9.